The van der Waals surface area contributed by atoms with Crippen LogP contribution in [0.2, 0.25) is 0 Å². The number of aliphatic imine (C=N–C) groups is 1. The van der Waals surface area contributed by atoms with E-state index in [0.717, 1.165) is 37.1 Å². The van der Waals surface area contributed by atoms with E-state index in [0.29, 0.717) is 13.1 Å². The first-order chi connectivity index (χ1) is 14.7. The van der Waals surface area contributed by atoms with Crippen molar-refractivity contribution in [2.75, 3.05) is 38.2 Å². The lowest BCUT2D eigenvalue weighted by Crippen LogP contribution is -2.41. The predicted octanol–water partition coefficient (Wildman–Crippen LogP) is 3.59. The zero-order valence-corrected chi connectivity index (χ0v) is 18.1. The fourth-order valence-corrected chi connectivity index (χ4v) is 3.23. The highest BCUT2D eigenvalue weighted by molar-refractivity contribution is 5.79. The van der Waals surface area contributed by atoms with Gasteiger partial charge in [0.2, 0.25) is 0 Å². The first kappa shape index (κ1) is 21.6. The predicted molar refractivity (Wildman–Crippen MR) is 124 cm³/mol. The van der Waals surface area contributed by atoms with E-state index in [-0.39, 0.29) is 6.10 Å². The lowest BCUT2D eigenvalue weighted by molar-refractivity contribution is 0.213. The van der Waals surface area contributed by atoms with Crippen LogP contribution in [0, 0.1) is 0 Å². The molecule has 0 bridgehead atoms. The van der Waals surface area contributed by atoms with Crippen molar-refractivity contribution in [1.29, 1.82) is 0 Å². The number of hydrogen-bond donors (Lipinski definition) is 2. The van der Waals surface area contributed by atoms with E-state index >= 15 is 0 Å². The van der Waals surface area contributed by atoms with Crippen molar-refractivity contribution in [3.63, 3.8) is 0 Å². The topological polar surface area (TPSA) is 58.1 Å². The van der Waals surface area contributed by atoms with Gasteiger partial charge in [-0.3, -0.25) is 0 Å². The molecule has 2 N–H and O–H groups in total. The highest BCUT2D eigenvalue weighted by Crippen LogP contribution is 2.26. The highest BCUT2D eigenvalue weighted by atomic mass is 16.5. The van der Waals surface area contributed by atoms with Crippen LogP contribution in [0.3, 0.4) is 0 Å². The van der Waals surface area contributed by atoms with Crippen molar-refractivity contribution in [3.05, 3.63) is 66.2 Å². The Hall–Kier alpha value is -3.15. The van der Waals surface area contributed by atoms with E-state index in [1.54, 1.807) is 7.11 Å². The Morgan fingerprint density at radius 2 is 1.73 bits per heavy atom. The second kappa shape index (κ2) is 11.1. The summed E-state index contributed by atoms with van der Waals surface area (Å²) < 4.78 is 11.4. The van der Waals surface area contributed by atoms with E-state index in [1.807, 2.05) is 31.2 Å². The normalized spacial score (nSPS) is 14.5. The van der Waals surface area contributed by atoms with Gasteiger partial charge in [-0.1, -0.05) is 36.4 Å². The van der Waals surface area contributed by atoms with Crippen molar-refractivity contribution in [3.8, 4) is 11.5 Å². The number of rotatable bonds is 9. The van der Waals surface area contributed by atoms with Gasteiger partial charge in [-0.2, -0.15) is 0 Å². The quantitative estimate of drug-likeness (QED) is 0.377. The van der Waals surface area contributed by atoms with Crippen molar-refractivity contribution in [2.45, 2.75) is 26.5 Å². The van der Waals surface area contributed by atoms with Gasteiger partial charge in [0, 0.05) is 25.3 Å². The molecule has 1 atom stereocenters. The van der Waals surface area contributed by atoms with E-state index < -0.39 is 0 Å². The third-order valence-electron chi connectivity index (χ3n) is 4.84. The Kier molecular flexibility index (Phi) is 8.01. The number of methoxy groups -OCH3 is 1. The number of nitrogens with zero attached hydrogens (tertiary/aromatic N) is 2. The Labute approximate surface area is 179 Å². The third-order valence-corrected chi connectivity index (χ3v) is 4.84. The van der Waals surface area contributed by atoms with Gasteiger partial charge in [0.25, 0.3) is 0 Å². The molecule has 1 unspecified atom stereocenters. The molecule has 0 saturated carbocycles. The number of guanidine groups is 1. The van der Waals surface area contributed by atoms with Gasteiger partial charge >= 0.3 is 0 Å². The maximum atomic E-state index is 6.01. The van der Waals surface area contributed by atoms with Crippen molar-refractivity contribution in [1.82, 2.24) is 10.6 Å². The number of nitrogens with one attached hydrogen (secondary N) is 2. The minimum atomic E-state index is -0.0430. The molecule has 30 heavy (non-hydrogen) atoms. The summed E-state index contributed by atoms with van der Waals surface area (Å²) in [7, 11) is 1.65. The minimum absolute atomic E-state index is 0.0430. The molecule has 2 aromatic rings. The van der Waals surface area contributed by atoms with E-state index in [9.17, 15) is 0 Å². The van der Waals surface area contributed by atoms with Crippen LogP contribution < -0.4 is 25.0 Å². The molecule has 0 amide bonds. The van der Waals surface area contributed by atoms with Gasteiger partial charge in [-0.15, -0.1) is 0 Å². The smallest absolute Gasteiger partial charge is 0.191 e. The molecule has 0 fully saturated rings. The van der Waals surface area contributed by atoms with Crippen LogP contribution in [-0.2, 0) is 6.54 Å². The number of para-hydroxylation sites is 2. The molecule has 6 heteroatoms. The summed E-state index contributed by atoms with van der Waals surface area (Å²) in [6.45, 7) is 8.11. The molecular weight excluding hydrogens is 376 g/mol. The number of ether oxygens (including phenoxy) is 2. The van der Waals surface area contributed by atoms with Crippen LogP contribution in [0.1, 0.15) is 19.4 Å². The standard InChI is InChI=1S/C24H32N4O2/c1-4-25-24(26-17-19(2)30-23-10-6-5-9-22(23)29-3)27-18-20-11-13-21(14-12-20)28-15-7-8-16-28/h5-14,19H,4,15-18H2,1-3H3,(H2,25,26,27). The first-order valence-electron chi connectivity index (χ1n) is 10.5. The van der Waals surface area contributed by atoms with Crippen molar-refractivity contribution >= 4 is 11.6 Å². The zero-order chi connectivity index (χ0) is 21.2. The summed E-state index contributed by atoms with van der Waals surface area (Å²) in [6, 6.07) is 16.3. The summed E-state index contributed by atoms with van der Waals surface area (Å²) in [5.41, 5.74) is 2.43. The van der Waals surface area contributed by atoms with Gasteiger partial charge in [0.05, 0.1) is 20.2 Å². The fourth-order valence-electron chi connectivity index (χ4n) is 3.23. The minimum Gasteiger partial charge on any atom is -0.493 e. The Balaban J connectivity index is 1.52. The molecule has 3 rings (SSSR count). The van der Waals surface area contributed by atoms with E-state index in [4.69, 9.17) is 14.5 Å². The van der Waals surface area contributed by atoms with E-state index in [2.05, 4.69) is 58.9 Å². The maximum Gasteiger partial charge on any atom is 0.191 e. The lowest BCUT2D eigenvalue weighted by atomic mass is 10.2. The third kappa shape index (κ3) is 6.17. The maximum absolute atomic E-state index is 6.01. The molecule has 0 radical (unpaired) electrons. The summed E-state index contributed by atoms with van der Waals surface area (Å²) in [4.78, 5) is 7.05. The fraction of sp³-hybridized carbons (Fsp3) is 0.375. The summed E-state index contributed by atoms with van der Waals surface area (Å²) in [5, 5.41) is 6.65. The van der Waals surface area contributed by atoms with Crippen LogP contribution in [0.25, 0.3) is 0 Å². The van der Waals surface area contributed by atoms with Crippen LogP contribution >= 0.6 is 0 Å². The highest BCUT2D eigenvalue weighted by Gasteiger charge is 2.10. The second-order valence-electron chi connectivity index (χ2n) is 7.20. The summed E-state index contributed by atoms with van der Waals surface area (Å²) in [5.74, 6) is 2.25. The molecule has 1 heterocycles. The molecule has 6 nitrogen and oxygen atoms in total. The molecule has 2 aromatic carbocycles. The molecule has 0 aromatic heterocycles. The second-order valence-corrected chi connectivity index (χ2v) is 7.20. The van der Waals surface area contributed by atoms with Gasteiger partial charge in [-0.25, -0.2) is 4.99 Å². The van der Waals surface area contributed by atoms with Gasteiger partial charge < -0.3 is 25.0 Å². The Morgan fingerprint density at radius 3 is 2.40 bits per heavy atom. The molecule has 1 aliphatic heterocycles. The molecule has 0 spiro atoms. The van der Waals surface area contributed by atoms with Crippen LogP contribution in [0.5, 0.6) is 11.5 Å². The van der Waals surface area contributed by atoms with Gasteiger partial charge in [0.15, 0.2) is 17.5 Å². The molecule has 0 aliphatic carbocycles. The number of hydrogen-bond acceptors (Lipinski definition) is 4. The van der Waals surface area contributed by atoms with Crippen LogP contribution in [0.15, 0.2) is 65.7 Å². The van der Waals surface area contributed by atoms with E-state index in [1.165, 1.54) is 11.3 Å². The monoisotopic (exact) mass is 408 g/mol. The Morgan fingerprint density at radius 1 is 1.03 bits per heavy atom. The zero-order valence-electron chi connectivity index (χ0n) is 18.1. The largest absolute Gasteiger partial charge is 0.493 e. The summed E-state index contributed by atoms with van der Waals surface area (Å²) in [6.07, 6.45) is 4.36. The number of benzene rings is 2. The first-order valence-corrected chi connectivity index (χ1v) is 10.5. The van der Waals surface area contributed by atoms with Gasteiger partial charge in [0.1, 0.15) is 6.10 Å². The van der Waals surface area contributed by atoms with Crippen molar-refractivity contribution in [2.24, 2.45) is 4.99 Å². The SMILES string of the molecule is CCNC(=NCc1ccc(N2CC=CC2)cc1)NCC(C)Oc1ccccc1OC. The van der Waals surface area contributed by atoms with Crippen LogP contribution in [0.4, 0.5) is 5.69 Å². The number of anilines is 1. The van der Waals surface area contributed by atoms with Gasteiger partial charge in [-0.05, 0) is 43.7 Å². The molecular formula is C24H32N4O2. The average molecular weight is 409 g/mol. The van der Waals surface area contributed by atoms with Crippen molar-refractivity contribution < 1.29 is 9.47 Å². The molecule has 1 aliphatic rings. The molecule has 0 saturated heterocycles. The summed E-state index contributed by atoms with van der Waals surface area (Å²) >= 11 is 0. The average Bonchev–Trinajstić information content (AvgIpc) is 3.31. The Bertz CT molecular complexity index is 841. The molecule has 160 valence electrons. The lowest BCUT2D eigenvalue weighted by Gasteiger charge is -2.19. The van der Waals surface area contributed by atoms with Crippen LogP contribution in [-0.4, -0.2) is 45.4 Å².